The number of hydrogen-bond donors (Lipinski definition) is 1. The largest absolute Gasteiger partial charge is 0.393 e. The second-order valence-electron chi connectivity index (χ2n) is 7.78. The molecule has 4 aliphatic carbocycles. The predicted molar refractivity (Wildman–Crippen MR) is 78.1 cm³/mol. The van der Waals surface area contributed by atoms with Crippen LogP contribution in [0.25, 0.3) is 0 Å². The van der Waals surface area contributed by atoms with Gasteiger partial charge in [0, 0.05) is 18.9 Å². The van der Waals surface area contributed by atoms with Crippen LogP contribution in [0.5, 0.6) is 0 Å². The average molecular weight is 274 g/mol. The number of hydrogen-bond acceptors (Lipinski definition) is 2. The minimum atomic E-state index is -0.106. The van der Waals surface area contributed by atoms with Gasteiger partial charge in [-0.1, -0.05) is 0 Å². The molecule has 1 aromatic heterocycles. The molecule has 0 radical (unpaired) electrons. The van der Waals surface area contributed by atoms with Crippen LogP contribution < -0.4 is 0 Å². The van der Waals surface area contributed by atoms with E-state index in [0.29, 0.717) is 0 Å². The molecule has 5 rings (SSSR count). The van der Waals surface area contributed by atoms with Gasteiger partial charge in [0.05, 0.1) is 6.10 Å². The predicted octanol–water partition coefficient (Wildman–Crippen LogP) is 2.93. The Bertz CT molecular complexity index is 458. The molecular weight excluding hydrogens is 248 g/mol. The van der Waals surface area contributed by atoms with Crippen LogP contribution in [0.1, 0.15) is 50.6 Å². The maximum Gasteiger partial charge on any atom is 0.0600 e. The summed E-state index contributed by atoms with van der Waals surface area (Å²) in [6.07, 6.45) is 11.9. The summed E-state index contributed by atoms with van der Waals surface area (Å²) in [7, 11) is 1.99. The zero-order valence-electron chi connectivity index (χ0n) is 12.5. The van der Waals surface area contributed by atoms with Crippen LogP contribution in [0.15, 0.2) is 12.3 Å². The van der Waals surface area contributed by atoms with Crippen molar-refractivity contribution in [2.24, 2.45) is 30.2 Å². The topological polar surface area (TPSA) is 38.0 Å². The van der Waals surface area contributed by atoms with Crippen LogP contribution in [-0.2, 0) is 13.5 Å². The molecule has 1 heterocycles. The third kappa shape index (κ3) is 2.02. The van der Waals surface area contributed by atoms with Crippen molar-refractivity contribution in [2.45, 2.75) is 57.5 Å². The summed E-state index contributed by atoms with van der Waals surface area (Å²) in [4.78, 5) is 0. The molecular formula is C17H26N2O. The van der Waals surface area contributed by atoms with Gasteiger partial charge in [0.1, 0.15) is 0 Å². The second-order valence-corrected chi connectivity index (χ2v) is 7.78. The van der Waals surface area contributed by atoms with E-state index in [-0.39, 0.29) is 11.5 Å². The van der Waals surface area contributed by atoms with Crippen molar-refractivity contribution >= 4 is 0 Å². The molecule has 4 aliphatic rings. The molecule has 3 heteroatoms. The number of aryl methyl sites for hydroxylation is 2. The Morgan fingerprint density at radius 3 is 2.35 bits per heavy atom. The van der Waals surface area contributed by atoms with Crippen molar-refractivity contribution in [3.05, 3.63) is 18.0 Å². The van der Waals surface area contributed by atoms with Crippen molar-refractivity contribution in [3.63, 3.8) is 0 Å². The van der Waals surface area contributed by atoms with Crippen LogP contribution in [-0.4, -0.2) is 21.0 Å². The van der Waals surface area contributed by atoms with Gasteiger partial charge in [0.25, 0.3) is 0 Å². The van der Waals surface area contributed by atoms with Gasteiger partial charge >= 0.3 is 0 Å². The van der Waals surface area contributed by atoms with E-state index >= 15 is 0 Å². The fraction of sp³-hybridized carbons (Fsp3) is 0.824. The number of rotatable bonds is 4. The van der Waals surface area contributed by atoms with E-state index in [1.165, 1.54) is 44.2 Å². The Balaban J connectivity index is 1.45. The number of aliphatic hydroxyl groups excluding tert-OH is 1. The molecule has 1 unspecified atom stereocenters. The van der Waals surface area contributed by atoms with Crippen LogP contribution in [0, 0.1) is 23.2 Å². The molecule has 1 aromatic rings. The van der Waals surface area contributed by atoms with E-state index < -0.39 is 0 Å². The SMILES string of the molecule is Cn1nccc1CCC(O)C12CC3CC(CC(C3)C1)C2. The Kier molecular flexibility index (Phi) is 2.95. The van der Waals surface area contributed by atoms with Gasteiger partial charge < -0.3 is 5.11 Å². The number of nitrogens with zero attached hydrogens (tertiary/aromatic N) is 2. The van der Waals surface area contributed by atoms with Gasteiger partial charge in [-0.15, -0.1) is 0 Å². The highest BCUT2D eigenvalue weighted by Crippen LogP contribution is 2.61. The Morgan fingerprint density at radius 2 is 1.85 bits per heavy atom. The Morgan fingerprint density at radius 1 is 1.25 bits per heavy atom. The van der Waals surface area contributed by atoms with Gasteiger partial charge in [-0.25, -0.2) is 0 Å². The molecule has 0 amide bonds. The molecule has 3 nitrogen and oxygen atoms in total. The fourth-order valence-electron chi connectivity index (χ4n) is 5.82. The molecule has 4 fully saturated rings. The zero-order valence-corrected chi connectivity index (χ0v) is 12.5. The Hall–Kier alpha value is -0.830. The zero-order chi connectivity index (χ0) is 13.7. The third-order valence-electron chi connectivity index (χ3n) is 6.39. The quantitative estimate of drug-likeness (QED) is 0.916. The van der Waals surface area contributed by atoms with Gasteiger partial charge in [-0.05, 0) is 80.6 Å². The lowest BCUT2D eigenvalue weighted by molar-refractivity contribution is -0.121. The summed E-state index contributed by atoms with van der Waals surface area (Å²) < 4.78 is 1.94. The number of aromatic nitrogens is 2. The van der Waals surface area contributed by atoms with Crippen LogP contribution >= 0.6 is 0 Å². The van der Waals surface area contributed by atoms with Crippen molar-refractivity contribution in [1.29, 1.82) is 0 Å². The van der Waals surface area contributed by atoms with Crippen molar-refractivity contribution in [3.8, 4) is 0 Å². The summed E-state index contributed by atoms with van der Waals surface area (Å²) in [5, 5.41) is 15.1. The summed E-state index contributed by atoms with van der Waals surface area (Å²) in [6.45, 7) is 0. The standard InChI is InChI=1S/C17H26N2O/c1-19-15(4-5-18-19)2-3-16(20)17-9-12-6-13(10-17)8-14(7-12)11-17/h4-5,12-14,16,20H,2-3,6-11H2,1H3. The highest BCUT2D eigenvalue weighted by Gasteiger charge is 2.53. The summed E-state index contributed by atoms with van der Waals surface area (Å²) in [6, 6.07) is 2.08. The van der Waals surface area contributed by atoms with Gasteiger partial charge in [0.15, 0.2) is 0 Å². The fourth-order valence-corrected chi connectivity index (χ4v) is 5.82. The molecule has 0 aliphatic heterocycles. The van der Waals surface area contributed by atoms with Gasteiger partial charge in [-0.2, -0.15) is 5.10 Å². The molecule has 0 saturated heterocycles. The molecule has 4 saturated carbocycles. The highest BCUT2D eigenvalue weighted by molar-refractivity contribution is 5.06. The molecule has 1 atom stereocenters. The van der Waals surface area contributed by atoms with Crippen molar-refractivity contribution < 1.29 is 5.11 Å². The third-order valence-corrected chi connectivity index (χ3v) is 6.39. The van der Waals surface area contributed by atoms with Crippen LogP contribution in [0.4, 0.5) is 0 Å². The molecule has 4 bridgehead atoms. The van der Waals surface area contributed by atoms with Gasteiger partial charge in [0.2, 0.25) is 0 Å². The first-order valence-electron chi connectivity index (χ1n) is 8.29. The van der Waals surface area contributed by atoms with Crippen LogP contribution in [0.3, 0.4) is 0 Å². The first-order chi connectivity index (χ1) is 9.64. The average Bonchev–Trinajstić information content (AvgIpc) is 2.80. The van der Waals surface area contributed by atoms with Crippen molar-refractivity contribution in [1.82, 2.24) is 9.78 Å². The van der Waals surface area contributed by atoms with Crippen LogP contribution in [0.2, 0.25) is 0 Å². The smallest absolute Gasteiger partial charge is 0.0600 e. The first-order valence-corrected chi connectivity index (χ1v) is 8.29. The van der Waals surface area contributed by atoms with E-state index in [2.05, 4.69) is 11.2 Å². The molecule has 0 aromatic carbocycles. The van der Waals surface area contributed by atoms with E-state index in [1.54, 1.807) is 0 Å². The first kappa shape index (κ1) is 12.9. The highest BCUT2D eigenvalue weighted by atomic mass is 16.3. The lowest BCUT2D eigenvalue weighted by Gasteiger charge is -2.58. The van der Waals surface area contributed by atoms with E-state index in [9.17, 15) is 5.11 Å². The summed E-state index contributed by atoms with van der Waals surface area (Å²) in [5.74, 6) is 2.77. The monoisotopic (exact) mass is 274 g/mol. The van der Waals surface area contributed by atoms with E-state index in [1.807, 2.05) is 17.9 Å². The normalized spacial score (nSPS) is 40.2. The molecule has 110 valence electrons. The molecule has 0 spiro atoms. The minimum absolute atomic E-state index is 0.106. The Labute approximate surface area is 121 Å². The lowest BCUT2D eigenvalue weighted by atomic mass is 9.48. The second kappa shape index (κ2) is 4.59. The summed E-state index contributed by atoms with van der Waals surface area (Å²) >= 11 is 0. The molecule has 1 N–H and O–H groups in total. The van der Waals surface area contributed by atoms with E-state index in [0.717, 1.165) is 30.6 Å². The number of aliphatic hydroxyl groups is 1. The van der Waals surface area contributed by atoms with Gasteiger partial charge in [-0.3, -0.25) is 4.68 Å². The van der Waals surface area contributed by atoms with Crippen molar-refractivity contribution in [2.75, 3.05) is 0 Å². The maximum absolute atomic E-state index is 10.9. The summed E-state index contributed by atoms with van der Waals surface area (Å²) in [5.41, 5.74) is 1.52. The maximum atomic E-state index is 10.9. The van der Waals surface area contributed by atoms with E-state index in [4.69, 9.17) is 0 Å². The lowest BCUT2D eigenvalue weighted by Crippen LogP contribution is -2.51. The minimum Gasteiger partial charge on any atom is -0.393 e. The molecule has 20 heavy (non-hydrogen) atoms.